The smallest absolute Gasteiger partial charge is 0.125 e. The van der Waals surface area contributed by atoms with Crippen molar-refractivity contribution in [2.24, 2.45) is 17.8 Å². The molecular formula is C34H35ClF3NO. The topological polar surface area (TPSA) is 25.0 Å². The lowest BCUT2D eigenvalue weighted by Gasteiger charge is -2.19. The number of aromatic amines is 1. The molecule has 1 saturated carbocycles. The fraction of sp³-hybridized carbons (Fsp3) is 0.353. The van der Waals surface area contributed by atoms with Crippen LogP contribution < -0.4 is 4.74 Å². The molecule has 4 aromatic rings. The first-order valence-corrected chi connectivity index (χ1v) is 14.5. The first kappa shape index (κ1) is 28.4. The molecule has 1 heterocycles. The van der Waals surface area contributed by atoms with E-state index in [0.29, 0.717) is 35.4 Å². The van der Waals surface area contributed by atoms with Crippen molar-refractivity contribution in [2.45, 2.75) is 46.0 Å². The number of allylic oxidation sites excluding steroid dienone is 1. The fourth-order valence-electron chi connectivity index (χ4n) is 6.05. The minimum Gasteiger partial charge on any atom is -0.494 e. The number of alkyl halides is 1. The highest BCUT2D eigenvalue weighted by Crippen LogP contribution is 2.39. The van der Waals surface area contributed by atoms with Gasteiger partial charge in [0, 0.05) is 22.2 Å². The van der Waals surface area contributed by atoms with E-state index >= 15 is 0 Å². The van der Waals surface area contributed by atoms with E-state index in [1.54, 1.807) is 12.1 Å². The largest absolute Gasteiger partial charge is 0.494 e. The molecular weight excluding hydrogens is 531 g/mol. The lowest BCUT2D eigenvalue weighted by molar-refractivity contribution is 0.241. The quantitative estimate of drug-likeness (QED) is 0.190. The van der Waals surface area contributed by atoms with Gasteiger partial charge in [0.1, 0.15) is 17.4 Å². The molecule has 1 N–H and O–H groups in total. The Labute approximate surface area is 239 Å². The summed E-state index contributed by atoms with van der Waals surface area (Å²) in [5.41, 5.74) is 5.07. The van der Waals surface area contributed by atoms with E-state index in [0.717, 1.165) is 64.8 Å². The predicted molar refractivity (Wildman–Crippen MR) is 158 cm³/mol. The van der Waals surface area contributed by atoms with Crippen LogP contribution in [0.2, 0.25) is 5.02 Å². The van der Waals surface area contributed by atoms with Gasteiger partial charge in [-0.2, -0.15) is 0 Å². The molecule has 1 aliphatic carbocycles. The Morgan fingerprint density at radius 2 is 1.75 bits per heavy atom. The molecule has 3 unspecified atom stereocenters. The maximum Gasteiger partial charge on any atom is 0.125 e. The average Bonchev–Trinajstić information content (AvgIpc) is 3.60. The predicted octanol–water partition coefficient (Wildman–Crippen LogP) is 10.3. The van der Waals surface area contributed by atoms with Gasteiger partial charge in [-0.15, -0.1) is 0 Å². The maximum atomic E-state index is 14.0. The van der Waals surface area contributed by atoms with Gasteiger partial charge in [-0.05, 0) is 115 Å². The maximum absolute atomic E-state index is 14.0. The molecule has 1 fully saturated rings. The van der Waals surface area contributed by atoms with Gasteiger partial charge in [-0.25, -0.2) is 8.78 Å². The number of halogens is 4. The van der Waals surface area contributed by atoms with Crippen molar-refractivity contribution in [3.05, 3.63) is 100 Å². The summed E-state index contributed by atoms with van der Waals surface area (Å²) >= 11 is 6.52. The molecule has 0 aliphatic heterocycles. The summed E-state index contributed by atoms with van der Waals surface area (Å²) in [6, 6.07) is 19.0. The van der Waals surface area contributed by atoms with Crippen LogP contribution in [0.4, 0.5) is 13.2 Å². The zero-order valence-electron chi connectivity index (χ0n) is 23.0. The molecule has 2 nitrogen and oxygen atoms in total. The Balaban J connectivity index is 1.42. The number of aromatic nitrogens is 1. The van der Waals surface area contributed by atoms with Crippen molar-refractivity contribution < 1.29 is 17.9 Å². The van der Waals surface area contributed by atoms with E-state index in [9.17, 15) is 13.2 Å². The van der Waals surface area contributed by atoms with Gasteiger partial charge in [-0.1, -0.05) is 43.6 Å². The van der Waals surface area contributed by atoms with Gasteiger partial charge >= 0.3 is 0 Å². The molecule has 0 radical (unpaired) electrons. The summed E-state index contributed by atoms with van der Waals surface area (Å²) in [5.74, 6) is 1.39. The van der Waals surface area contributed by atoms with Gasteiger partial charge < -0.3 is 9.72 Å². The van der Waals surface area contributed by atoms with Crippen LogP contribution in [0.15, 0.2) is 66.7 Å². The van der Waals surface area contributed by atoms with Crippen LogP contribution in [0.1, 0.15) is 62.8 Å². The van der Waals surface area contributed by atoms with Crippen molar-refractivity contribution >= 4 is 33.7 Å². The molecule has 1 aromatic heterocycles. The summed E-state index contributed by atoms with van der Waals surface area (Å²) in [5, 5.41) is 1.23. The molecule has 6 heteroatoms. The highest BCUT2D eigenvalue weighted by Gasteiger charge is 2.28. The Morgan fingerprint density at radius 3 is 2.45 bits per heavy atom. The van der Waals surface area contributed by atoms with Gasteiger partial charge in [-0.3, -0.25) is 4.39 Å². The Morgan fingerprint density at radius 1 is 1.00 bits per heavy atom. The summed E-state index contributed by atoms with van der Waals surface area (Å²) in [4.78, 5) is 3.38. The number of rotatable bonds is 10. The highest BCUT2D eigenvalue weighted by atomic mass is 35.5. The summed E-state index contributed by atoms with van der Waals surface area (Å²) in [6.45, 7) is 4.69. The van der Waals surface area contributed by atoms with Gasteiger partial charge in [0.25, 0.3) is 0 Å². The van der Waals surface area contributed by atoms with Gasteiger partial charge in [0.15, 0.2) is 0 Å². The van der Waals surface area contributed by atoms with Crippen molar-refractivity contribution in [1.29, 1.82) is 0 Å². The SMILES string of the molecule is CC/C(=C(/c1ccc(OCCC(C)C2CCC(CF)C2)cc1)c1cc2ccc(F)cc2[nH]1)c1ccc(F)cc1Cl. The summed E-state index contributed by atoms with van der Waals surface area (Å²) in [7, 11) is 0. The van der Waals surface area contributed by atoms with Crippen molar-refractivity contribution in [2.75, 3.05) is 13.3 Å². The fourth-order valence-corrected chi connectivity index (χ4v) is 6.33. The van der Waals surface area contributed by atoms with Gasteiger partial charge in [0.05, 0.1) is 18.3 Å². The second-order valence-electron chi connectivity index (χ2n) is 11.0. The molecule has 3 aromatic carbocycles. The minimum atomic E-state index is -0.391. The van der Waals surface area contributed by atoms with Gasteiger partial charge in [0.2, 0.25) is 0 Å². The number of hydrogen-bond acceptors (Lipinski definition) is 1. The van der Waals surface area contributed by atoms with Crippen LogP contribution in [0, 0.1) is 29.4 Å². The van der Waals surface area contributed by atoms with Crippen LogP contribution >= 0.6 is 11.6 Å². The number of nitrogens with one attached hydrogen (secondary N) is 1. The number of benzene rings is 3. The monoisotopic (exact) mass is 565 g/mol. The highest BCUT2D eigenvalue weighted by molar-refractivity contribution is 6.32. The number of H-pyrrole nitrogens is 1. The van der Waals surface area contributed by atoms with E-state index in [-0.39, 0.29) is 18.4 Å². The van der Waals surface area contributed by atoms with E-state index in [1.807, 2.05) is 37.3 Å². The number of ether oxygens (including phenoxy) is 1. The summed E-state index contributed by atoms with van der Waals surface area (Å²) in [6.07, 6.45) is 4.67. The third-order valence-corrected chi connectivity index (χ3v) is 8.67. The zero-order chi connectivity index (χ0) is 28.2. The third-order valence-electron chi connectivity index (χ3n) is 8.36. The second kappa shape index (κ2) is 12.6. The van der Waals surface area contributed by atoms with Crippen LogP contribution in [0.3, 0.4) is 0 Å². The Bertz CT molecular complexity index is 1490. The molecule has 1 aliphatic rings. The molecule has 0 spiro atoms. The van der Waals surface area contributed by atoms with E-state index in [4.69, 9.17) is 16.3 Å². The first-order valence-electron chi connectivity index (χ1n) is 14.1. The van der Waals surface area contributed by atoms with Crippen LogP contribution in [0.5, 0.6) is 5.75 Å². The molecule has 210 valence electrons. The van der Waals surface area contributed by atoms with E-state index in [2.05, 4.69) is 11.9 Å². The van der Waals surface area contributed by atoms with Crippen molar-refractivity contribution in [3.8, 4) is 5.75 Å². The van der Waals surface area contributed by atoms with Crippen molar-refractivity contribution in [1.82, 2.24) is 4.98 Å². The number of hydrogen-bond donors (Lipinski definition) is 1. The minimum absolute atomic E-state index is 0.203. The lowest BCUT2D eigenvalue weighted by atomic mass is 9.89. The van der Waals surface area contributed by atoms with E-state index < -0.39 is 5.82 Å². The van der Waals surface area contributed by atoms with E-state index in [1.165, 1.54) is 24.3 Å². The molecule has 0 amide bonds. The first-order chi connectivity index (χ1) is 19.4. The summed E-state index contributed by atoms with van der Waals surface area (Å²) < 4.78 is 46.9. The zero-order valence-corrected chi connectivity index (χ0v) is 23.7. The standard InChI is InChI=1S/C34H35ClF3NO/c1-3-29(30-13-10-26(37)18-31(30)35)34(33-17-25-6-9-27(38)19-32(25)39-33)23-7-11-28(12-8-23)40-15-14-21(2)24-5-4-22(16-24)20-36/h6-13,17-19,21-22,24,39H,3-5,14-16,20H2,1-2H3/b34-29+. The second-order valence-corrected chi connectivity index (χ2v) is 11.4. The number of fused-ring (bicyclic) bond motifs is 1. The van der Waals surface area contributed by atoms with Crippen molar-refractivity contribution in [3.63, 3.8) is 0 Å². The average molecular weight is 566 g/mol. The Hall–Kier alpha value is -3.18. The normalized spacial score (nSPS) is 18.6. The lowest BCUT2D eigenvalue weighted by Crippen LogP contribution is -2.13. The third kappa shape index (κ3) is 6.25. The van der Waals surface area contributed by atoms with Crippen LogP contribution in [0.25, 0.3) is 22.0 Å². The molecule has 3 atom stereocenters. The van der Waals surface area contributed by atoms with Crippen LogP contribution in [-0.2, 0) is 0 Å². The molecule has 0 saturated heterocycles. The molecule has 5 rings (SSSR count). The van der Waals surface area contributed by atoms with Crippen LogP contribution in [-0.4, -0.2) is 18.3 Å². The molecule has 0 bridgehead atoms. The Kier molecular flexibility index (Phi) is 8.90. The molecule has 40 heavy (non-hydrogen) atoms.